The third-order valence-electron chi connectivity index (χ3n) is 17.2. The van der Waals surface area contributed by atoms with Crippen LogP contribution in [0.15, 0.2) is 175 Å². The van der Waals surface area contributed by atoms with Crippen molar-refractivity contribution < 1.29 is 72.2 Å². The molecule has 2 saturated carbocycles. The average molecular weight is 1180 g/mol. The van der Waals surface area contributed by atoms with Crippen LogP contribution in [0.25, 0.3) is 0 Å². The van der Waals surface area contributed by atoms with Crippen LogP contribution in [0.2, 0.25) is 0 Å². The Labute approximate surface area is 505 Å². The summed E-state index contributed by atoms with van der Waals surface area (Å²) in [5, 5.41) is 29.3. The standard InChI is InChI=1S/C70H83NO15/c1-9-10-11-12-13-14-15-16-17-18-19-20-21-22-26-34-46(2)35-33-42-56(75)84-60(58(50-36-27-23-28-37-50)71-64(77)51-38-29-24-30-39-51)66(79)83-53-44-70(80)63(85-65(78)52-40-31-25-32-41-52)61-68(8,54(74)43-55-69(61,45-81-55)86-49(5)73)62(76)59(82-48(4)72)57(47(53)3)67(70,6)7/h10-11,13-14,16-17,19-20,22-32,35-41,53-55,58-61,63,74,80H,9,12,15,18,21,33-34,42-45H2,1-8H3,(H,71,77)/b11-10-,14-13-,17-16-,20-19-,26-22-,46-35+/t53-,54-,55+,58-,59+,60+,61-,63-,68+,69-,70+/m0/s1. The highest BCUT2D eigenvalue weighted by Gasteiger charge is 2.78. The van der Waals surface area contributed by atoms with E-state index in [1.165, 1.54) is 19.1 Å². The molecule has 2 bridgehead atoms. The smallest absolute Gasteiger partial charge is 0.350 e. The van der Waals surface area contributed by atoms with Crippen molar-refractivity contribution in [3.63, 3.8) is 0 Å². The average Bonchev–Trinajstić information content (AvgIpc) is 0.673. The Balaban J connectivity index is 1.22. The molecule has 7 rings (SSSR count). The summed E-state index contributed by atoms with van der Waals surface area (Å²) < 4.78 is 37.3. The van der Waals surface area contributed by atoms with Crippen molar-refractivity contribution in [1.82, 2.24) is 5.32 Å². The van der Waals surface area contributed by atoms with E-state index in [0.29, 0.717) is 12.0 Å². The lowest BCUT2D eigenvalue weighted by Gasteiger charge is -2.67. The molecule has 3 fully saturated rings. The van der Waals surface area contributed by atoms with Crippen LogP contribution in [0.1, 0.15) is 152 Å². The first kappa shape index (κ1) is 65.7. The predicted molar refractivity (Wildman–Crippen MR) is 324 cm³/mol. The molecular formula is C70H83NO15. The minimum absolute atomic E-state index is 0.0253. The molecule has 1 saturated heterocycles. The van der Waals surface area contributed by atoms with Gasteiger partial charge in [-0.1, -0.05) is 160 Å². The van der Waals surface area contributed by atoms with E-state index in [1.54, 1.807) is 99.6 Å². The Morgan fingerprint density at radius 1 is 0.733 bits per heavy atom. The van der Waals surface area contributed by atoms with Crippen LogP contribution in [0.4, 0.5) is 0 Å². The third kappa shape index (κ3) is 14.9. The fraction of sp³-hybridized carbons (Fsp3) is 0.443. The molecule has 3 aromatic rings. The lowest BCUT2D eigenvalue weighted by atomic mass is 9.44. The molecule has 86 heavy (non-hydrogen) atoms. The first-order chi connectivity index (χ1) is 41.1. The number of carbonyl (C=O) groups excluding carboxylic acids is 7. The number of aliphatic hydroxyl groups is 2. The quantitative estimate of drug-likeness (QED) is 0.0407. The minimum Gasteiger partial charge on any atom is -0.455 e. The van der Waals surface area contributed by atoms with E-state index in [9.17, 15) is 34.2 Å². The van der Waals surface area contributed by atoms with E-state index in [-0.39, 0.29) is 48.1 Å². The SMILES string of the molecule is CC/C=C\C/C=C\C/C=C\C/C=C\C/C=C\C/C(C)=C/CCC(=O)O[C@@H](C(=O)O[C@H]1C[C@@]2(O)[C@@H](OC(=O)c3ccccc3)[C@@H]3[C@]4(OC(C)=O)CO[C@@H]4C[C@H](O)[C@@]3(C)C(=O)[C@H](OC(C)=O)C(=C1C)C2(C)C)[C@@H](NC(=O)c1ccccc1)c1ccccc1. The van der Waals surface area contributed by atoms with Crippen molar-refractivity contribution in [2.24, 2.45) is 16.7 Å². The van der Waals surface area contributed by atoms with E-state index in [0.717, 1.165) is 51.5 Å². The number of ketones is 1. The zero-order valence-corrected chi connectivity index (χ0v) is 50.6. The summed E-state index contributed by atoms with van der Waals surface area (Å²) in [6.07, 6.45) is 17.7. The summed E-state index contributed by atoms with van der Waals surface area (Å²) in [6, 6.07) is 23.1. The maximum Gasteiger partial charge on any atom is 0.350 e. The summed E-state index contributed by atoms with van der Waals surface area (Å²) in [5.74, 6) is -7.73. The summed E-state index contributed by atoms with van der Waals surface area (Å²) in [4.78, 5) is 101. The van der Waals surface area contributed by atoms with Crippen LogP contribution in [0.5, 0.6) is 0 Å². The fourth-order valence-corrected chi connectivity index (χ4v) is 12.5. The van der Waals surface area contributed by atoms with Gasteiger partial charge in [-0.2, -0.15) is 0 Å². The maximum atomic E-state index is 15.9. The fourth-order valence-electron chi connectivity index (χ4n) is 12.5. The molecule has 4 aliphatic rings. The van der Waals surface area contributed by atoms with E-state index < -0.39 is 119 Å². The van der Waals surface area contributed by atoms with Crippen LogP contribution in [0.3, 0.4) is 0 Å². The van der Waals surface area contributed by atoms with Gasteiger partial charge in [0.1, 0.15) is 30.0 Å². The number of fused-ring (bicyclic) bond motifs is 5. The van der Waals surface area contributed by atoms with Crippen molar-refractivity contribution in [3.8, 4) is 0 Å². The van der Waals surface area contributed by atoms with E-state index in [4.69, 9.17) is 28.4 Å². The molecular weight excluding hydrogens is 1090 g/mol. The van der Waals surface area contributed by atoms with Crippen LogP contribution in [-0.2, 0) is 52.4 Å². The molecule has 1 heterocycles. The molecule has 0 radical (unpaired) electrons. The van der Waals surface area contributed by atoms with Gasteiger partial charge in [-0.15, -0.1) is 0 Å². The molecule has 0 aromatic heterocycles. The number of carbonyl (C=O) groups is 7. The van der Waals surface area contributed by atoms with Crippen LogP contribution < -0.4 is 5.32 Å². The first-order valence-electron chi connectivity index (χ1n) is 29.7. The number of rotatable bonds is 25. The Bertz CT molecular complexity index is 3120. The lowest BCUT2D eigenvalue weighted by molar-refractivity contribution is -0.346. The molecule has 1 amide bonds. The molecule has 1 aliphatic heterocycles. The van der Waals surface area contributed by atoms with Crippen LogP contribution in [-0.4, -0.2) is 106 Å². The van der Waals surface area contributed by atoms with Gasteiger partial charge in [-0.05, 0) is 107 Å². The zero-order chi connectivity index (χ0) is 62.2. The zero-order valence-electron chi connectivity index (χ0n) is 50.6. The van der Waals surface area contributed by atoms with Gasteiger partial charge in [0.05, 0.1) is 29.6 Å². The van der Waals surface area contributed by atoms with Gasteiger partial charge in [0.2, 0.25) is 6.10 Å². The monoisotopic (exact) mass is 1180 g/mol. The van der Waals surface area contributed by atoms with Gasteiger partial charge in [0.25, 0.3) is 5.91 Å². The number of hydrogen-bond acceptors (Lipinski definition) is 15. The van der Waals surface area contributed by atoms with Crippen molar-refractivity contribution in [1.29, 1.82) is 0 Å². The van der Waals surface area contributed by atoms with Gasteiger partial charge in [-0.25, -0.2) is 9.59 Å². The molecule has 0 unspecified atom stereocenters. The normalized spacial score (nSPS) is 26.9. The number of benzene rings is 3. The molecule has 3 N–H and O–H groups in total. The van der Waals surface area contributed by atoms with Gasteiger partial charge in [0.15, 0.2) is 17.5 Å². The Hall–Kier alpha value is -7.79. The number of Topliss-reactive ketones (excluding diaryl/α,β-unsaturated/α-hetero) is 1. The van der Waals surface area contributed by atoms with Crippen molar-refractivity contribution in [2.75, 3.05) is 6.61 Å². The largest absolute Gasteiger partial charge is 0.455 e. The number of aliphatic hydroxyl groups excluding tert-OH is 1. The lowest BCUT2D eigenvalue weighted by Crippen LogP contribution is -2.82. The second-order valence-electron chi connectivity index (χ2n) is 23.3. The number of allylic oxidation sites excluding steroid dienone is 12. The van der Waals surface area contributed by atoms with Crippen molar-refractivity contribution in [2.45, 2.75) is 173 Å². The predicted octanol–water partition coefficient (Wildman–Crippen LogP) is 11.2. The van der Waals surface area contributed by atoms with Crippen LogP contribution in [0, 0.1) is 16.7 Å². The van der Waals surface area contributed by atoms with Gasteiger partial charge >= 0.3 is 29.8 Å². The highest BCUT2D eigenvalue weighted by molar-refractivity contribution is 5.96. The van der Waals surface area contributed by atoms with Crippen molar-refractivity contribution in [3.05, 3.63) is 191 Å². The number of amides is 1. The van der Waals surface area contributed by atoms with Crippen LogP contribution >= 0.6 is 0 Å². The summed E-state index contributed by atoms with van der Waals surface area (Å²) >= 11 is 0. The molecule has 11 atom stereocenters. The summed E-state index contributed by atoms with van der Waals surface area (Å²) in [7, 11) is 0. The number of hydrogen-bond donors (Lipinski definition) is 3. The second-order valence-corrected chi connectivity index (χ2v) is 23.3. The van der Waals surface area contributed by atoms with Gasteiger partial charge in [-0.3, -0.25) is 24.0 Å². The number of nitrogens with one attached hydrogen (secondary N) is 1. The second kappa shape index (κ2) is 29.5. The molecule has 458 valence electrons. The molecule has 16 heteroatoms. The van der Waals surface area contributed by atoms with Gasteiger partial charge in [0, 0.05) is 44.1 Å². The highest BCUT2D eigenvalue weighted by atomic mass is 16.6. The van der Waals surface area contributed by atoms with E-state index >= 15 is 9.59 Å². The van der Waals surface area contributed by atoms with Gasteiger partial charge < -0.3 is 44.0 Å². The molecule has 0 spiro atoms. The molecule has 3 aliphatic carbocycles. The molecule has 3 aromatic carbocycles. The third-order valence-corrected chi connectivity index (χ3v) is 17.2. The summed E-state index contributed by atoms with van der Waals surface area (Å²) in [6.45, 7) is 12.1. The maximum absolute atomic E-state index is 15.9. The van der Waals surface area contributed by atoms with Crippen molar-refractivity contribution >= 4 is 41.5 Å². The topological polar surface area (TPSA) is 227 Å². The van der Waals surface area contributed by atoms with E-state index in [1.807, 2.05) is 13.0 Å². The number of ether oxygens (including phenoxy) is 6. The van der Waals surface area contributed by atoms with E-state index in [2.05, 4.69) is 73.0 Å². The first-order valence-corrected chi connectivity index (χ1v) is 29.7. The highest BCUT2D eigenvalue weighted by Crippen LogP contribution is 2.64. The summed E-state index contributed by atoms with van der Waals surface area (Å²) in [5.41, 5.74) is -6.34. The molecule has 16 nitrogen and oxygen atoms in total. The Morgan fingerprint density at radius 2 is 1.29 bits per heavy atom. The Morgan fingerprint density at radius 3 is 1.84 bits per heavy atom. The minimum atomic E-state index is -2.46. The Kier molecular flexibility index (Phi) is 22.6. The number of esters is 5.